The molecular formula is C27H23N3O6. The Labute approximate surface area is 207 Å². The summed E-state index contributed by atoms with van der Waals surface area (Å²) in [7, 11) is 0. The number of anilines is 2. The van der Waals surface area contributed by atoms with Crippen LogP contribution in [0.2, 0.25) is 0 Å². The Morgan fingerprint density at radius 3 is 2.22 bits per heavy atom. The summed E-state index contributed by atoms with van der Waals surface area (Å²) < 4.78 is 21.5. The molecule has 0 fully saturated rings. The molecule has 0 aliphatic carbocycles. The summed E-state index contributed by atoms with van der Waals surface area (Å²) in [6.07, 6.45) is 0. The van der Waals surface area contributed by atoms with Crippen LogP contribution in [0.5, 0.6) is 17.2 Å². The van der Waals surface area contributed by atoms with Crippen LogP contribution in [0.25, 0.3) is 0 Å². The van der Waals surface area contributed by atoms with Gasteiger partial charge in [-0.1, -0.05) is 11.2 Å². The van der Waals surface area contributed by atoms with E-state index in [1.54, 1.807) is 66.7 Å². The molecule has 2 amide bonds. The summed E-state index contributed by atoms with van der Waals surface area (Å²) in [5.74, 6) is 1.90. The number of aromatic nitrogens is 1. The average Bonchev–Trinajstić information content (AvgIpc) is 3.48. The Hall–Kier alpha value is -4.79. The predicted octanol–water partition coefficient (Wildman–Crippen LogP) is 5.10. The van der Waals surface area contributed by atoms with E-state index in [4.69, 9.17) is 18.7 Å². The van der Waals surface area contributed by atoms with E-state index in [2.05, 4.69) is 15.8 Å². The van der Waals surface area contributed by atoms with Crippen molar-refractivity contribution in [2.75, 3.05) is 17.4 Å². The molecule has 0 bridgehead atoms. The van der Waals surface area contributed by atoms with Gasteiger partial charge in [0, 0.05) is 22.5 Å². The summed E-state index contributed by atoms with van der Waals surface area (Å²) in [6, 6.07) is 18.7. The molecular weight excluding hydrogens is 462 g/mol. The van der Waals surface area contributed by atoms with Crippen molar-refractivity contribution in [2.45, 2.75) is 20.5 Å². The van der Waals surface area contributed by atoms with E-state index in [9.17, 15) is 9.59 Å². The van der Waals surface area contributed by atoms with Crippen molar-refractivity contribution < 1.29 is 28.3 Å². The highest BCUT2D eigenvalue weighted by atomic mass is 16.7. The number of aryl methyl sites for hydroxylation is 2. The normalized spacial score (nSPS) is 11.7. The van der Waals surface area contributed by atoms with Crippen LogP contribution in [0.4, 0.5) is 11.4 Å². The number of benzene rings is 3. The SMILES string of the molecule is Cc1noc(C)c1COc1ccc(C(=O)Nc2cccc(NC(=O)c3ccc4c(c3)OCO4)c2)cc1. The smallest absolute Gasteiger partial charge is 0.255 e. The number of amides is 2. The molecule has 3 aromatic carbocycles. The van der Waals surface area contributed by atoms with Crippen molar-refractivity contribution in [3.05, 3.63) is 94.9 Å². The van der Waals surface area contributed by atoms with Crippen molar-refractivity contribution in [1.82, 2.24) is 5.16 Å². The van der Waals surface area contributed by atoms with Gasteiger partial charge in [-0.15, -0.1) is 0 Å². The number of hydrogen-bond donors (Lipinski definition) is 2. The van der Waals surface area contributed by atoms with Crippen LogP contribution in [0, 0.1) is 13.8 Å². The van der Waals surface area contributed by atoms with Crippen LogP contribution < -0.4 is 24.8 Å². The van der Waals surface area contributed by atoms with Gasteiger partial charge in [-0.3, -0.25) is 9.59 Å². The van der Waals surface area contributed by atoms with E-state index in [1.807, 2.05) is 13.8 Å². The molecule has 4 aromatic rings. The van der Waals surface area contributed by atoms with E-state index in [-0.39, 0.29) is 18.6 Å². The zero-order valence-electron chi connectivity index (χ0n) is 19.7. The monoisotopic (exact) mass is 485 g/mol. The van der Waals surface area contributed by atoms with Crippen molar-refractivity contribution in [3.63, 3.8) is 0 Å². The molecule has 0 spiro atoms. The average molecular weight is 485 g/mol. The molecule has 1 aliphatic rings. The largest absolute Gasteiger partial charge is 0.489 e. The molecule has 0 radical (unpaired) electrons. The summed E-state index contributed by atoms with van der Waals surface area (Å²) >= 11 is 0. The third kappa shape index (κ3) is 5.00. The lowest BCUT2D eigenvalue weighted by atomic mass is 10.1. The van der Waals surface area contributed by atoms with Gasteiger partial charge < -0.3 is 29.4 Å². The van der Waals surface area contributed by atoms with Gasteiger partial charge in [0.15, 0.2) is 11.5 Å². The molecule has 2 heterocycles. The van der Waals surface area contributed by atoms with Crippen LogP contribution in [-0.2, 0) is 6.61 Å². The lowest BCUT2D eigenvalue weighted by Gasteiger charge is -2.10. The molecule has 0 saturated heterocycles. The maximum Gasteiger partial charge on any atom is 0.255 e. The fourth-order valence-electron chi connectivity index (χ4n) is 3.69. The van der Waals surface area contributed by atoms with Gasteiger partial charge in [0.2, 0.25) is 6.79 Å². The second-order valence-electron chi connectivity index (χ2n) is 8.17. The highest BCUT2D eigenvalue weighted by Gasteiger charge is 2.17. The number of rotatable bonds is 7. The van der Waals surface area contributed by atoms with E-state index in [1.165, 1.54) is 0 Å². The molecule has 2 N–H and O–H groups in total. The fourth-order valence-corrected chi connectivity index (χ4v) is 3.69. The van der Waals surface area contributed by atoms with Gasteiger partial charge in [0.05, 0.1) is 11.3 Å². The summed E-state index contributed by atoms with van der Waals surface area (Å²) in [5, 5.41) is 9.59. The van der Waals surface area contributed by atoms with Gasteiger partial charge in [0.25, 0.3) is 11.8 Å². The van der Waals surface area contributed by atoms with Crippen LogP contribution in [0.3, 0.4) is 0 Å². The van der Waals surface area contributed by atoms with Crippen molar-refractivity contribution in [1.29, 1.82) is 0 Å². The first-order valence-electron chi connectivity index (χ1n) is 11.2. The van der Waals surface area contributed by atoms with Gasteiger partial charge in [-0.05, 0) is 74.5 Å². The molecule has 1 aliphatic heterocycles. The van der Waals surface area contributed by atoms with Crippen molar-refractivity contribution >= 4 is 23.2 Å². The summed E-state index contributed by atoms with van der Waals surface area (Å²) in [4.78, 5) is 25.4. The molecule has 5 rings (SSSR count). The maximum atomic E-state index is 12.7. The number of nitrogens with one attached hydrogen (secondary N) is 2. The first-order valence-corrected chi connectivity index (χ1v) is 11.2. The van der Waals surface area contributed by atoms with Gasteiger partial charge in [0.1, 0.15) is 18.1 Å². The third-order valence-electron chi connectivity index (χ3n) is 5.69. The molecule has 0 saturated carbocycles. The Morgan fingerprint density at radius 2 is 1.53 bits per heavy atom. The Balaban J connectivity index is 1.19. The second kappa shape index (κ2) is 9.83. The molecule has 9 heteroatoms. The molecule has 0 unspecified atom stereocenters. The Bertz CT molecular complexity index is 1410. The second-order valence-corrected chi connectivity index (χ2v) is 8.17. The van der Waals surface area contributed by atoms with E-state index in [0.717, 1.165) is 17.0 Å². The van der Waals surface area contributed by atoms with Crippen LogP contribution in [0.1, 0.15) is 37.7 Å². The molecule has 36 heavy (non-hydrogen) atoms. The lowest BCUT2D eigenvalue weighted by Crippen LogP contribution is -2.14. The zero-order chi connectivity index (χ0) is 25.1. The molecule has 9 nitrogen and oxygen atoms in total. The van der Waals surface area contributed by atoms with Gasteiger partial charge in [-0.25, -0.2) is 0 Å². The summed E-state index contributed by atoms with van der Waals surface area (Å²) in [5.41, 5.74) is 3.68. The molecule has 0 atom stereocenters. The number of carbonyl (C=O) groups excluding carboxylic acids is 2. The quantitative estimate of drug-likeness (QED) is 0.374. The van der Waals surface area contributed by atoms with Crippen LogP contribution >= 0.6 is 0 Å². The van der Waals surface area contributed by atoms with Crippen LogP contribution in [0.15, 0.2) is 71.3 Å². The topological polar surface area (TPSA) is 112 Å². The minimum Gasteiger partial charge on any atom is -0.489 e. The van der Waals surface area contributed by atoms with Gasteiger partial charge >= 0.3 is 0 Å². The number of fused-ring (bicyclic) bond motifs is 1. The van der Waals surface area contributed by atoms with Crippen molar-refractivity contribution in [2.24, 2.45) is 0 Å². The molecule has 182 valence electrons. The number of hydrogen-bond acceptors (Lipinski definition) is 7. The van der Waals surface area contributed by atoms with Gasteiger partial charge in [-0.2, -0.15) is 0 Å². The first-order chi connectivity index (χ1) is 17.5. The fraction of sp³-hybridized carbons (Fsp3) is 0.148. The highest BCUT2D eigenvalue weighted by molar-refractivity contribution is 6.06. The van der Waals surface area contributed by atoms with Crippen LogP contribution in [-0.4, -0.2) is 23.8 Å². The van der Waals surface area contributed by atoms with E-state index in [0.29, 0.717) is 46.4 Å². The lowest BCUT2D eigenvalue weighted by molar-refractivity contribution is 0.101. The zero-order valence-corrected chi connectivity index (χ0v) is 19.7. The minimum absolute atomic E-state index is 0.139. The number of ether oxygens (including phenoxy) is 3. The number of carbonyl (C=O) groups is 2. The molecule has 1 aromatic heterocycles. The Morgan fingerprint density at radius 1 is 0.861 bits per heavy atom. The first kappa shape index (κ1) is 23.0. The van der Waals surface area contributed by atoms with E-state index < -0.39 is 0 Å². The minimum atomic E-state index is -0.302. The third-order valence-corrected chi connectivity index (χ3v) is 5.69. The van der Waals surface area contributed by atoms with E-state index >= 15 is 0 Å². The standard InChI is InChI=1S/C27H23N3O6/c1-16-23(17(2)36-30-16)14-33-22-9-6-18(7-10-22)26(31)28-20-4-3-5-21(13-20)29-27(32)19-8-11-24-25(12-19)35-15-34-24/h3-13H,14-15H2,1-2H3,(H,28,31)(H,29,32). The number of nitrogens with zero attached hydrogens (tertiary/aromatic N) is 1. The predicted molar refractivity (Wildman–Crippen MR) is 132 cm³/mol. The maximum absolute atomic E-state index is 12.7. The van der Waals surface area contributed by atoms with Crippen molar-refractivity contribution in [3.8, 4) is 17.2 Å². The summed E-state index contributed by atoms with van der Waals surface area (Å²) in [6.45, 7) is 4.17. The Kier molecular flexibility index (Phi) is 6.27. The highest BCUT2D eigenvalue weighted by Crippen LogP contribution is 2.32.